The molecule has 0 radical (unpaired) electrons. The number of hydrogen-bond acceptors (Lipinski definition) is 3. The standard InChI is InChI=1S/C12H20BrNO3/c1-3-10(13)11(15)14-7-5-9(6-8-14)12(16)17-4-2/h9-10H,3-8H2,1-2H3/t10-/m1/s1. The SMILES string of the molecule is CCOC(=O)C1CCN(C(=O)[C@H](Br)CC)CC1. The Labute approximate surface area is 111 Å². The van der Waals surface area contributed by atoms with E-state index >= 15 is 0 Å². The Morgan fingerprint density at radius 1 is 1.35 bits per heavy atom. The molecule has 17 heavy (non-hydrogen) atoms. The number of piperidine rings is 1. The average molecular weight is 306 g/mol. The number of ether oxygens (including phenoxy) is 1. The predicted octanol–water partition coefficient (Wildman–Crippen LogP) is 1.96. The van der Waals surface area contributed by atoms with E-state index in [0.29, 0.717) is 32.5 Å². The summed E-state index contributed by atoms with van der Waals surface area (Å²) in [5.41, 5.74) is 0. The van der Waals surface area contributed by atoms with Gasteiger partial charge in [0, 0.05) is 13.1 Å². The molecular formula is C12H20BrNO3. The molecular weight excluding hydrogens is 286 g/mol. The van der Waals surface area contributed by atoms with Gasteiger partial charge in [0.25, 0.3) is 0 Å². The highest BCUT2D eigenvalue weighted by Crippen LogP contribution is 2.21. The molecule has 1 aliphatic rings. The zero-order chi connectivity index (χ0) is 12.8. The highest BCUT2D eigenvalue weighted by Gasteiger charge is 2.29. The maximum absolute atomic E-state index is 11.9. The molecule has 4 nitrogen and oxygen atoms in total. The Kier molecular flexibility index (Phi) is 5.95. The maximum Gasteiger partial charge on any atom is 0.309 e. The molecule has 1 aliphatic heterocycles. The third kappa shape index (κ3) is 3.98. The van der Waals surface area contributed by atoms with Crippen LogP contribution >= 0.6 is 15.9 Å². The first-order valence-corrected chi connectivity index (χ1v) is 7.11. The van der Waals surface area contributed by atoms with Gasteiger partial charge in [-0.1, -0.05) is 22.9 Å². The van der Waals surface area contributed by atoms with Crippen LogP contribution in [0.25, 0.3) is 0 Å². The van der Waals surface area contributed by atoms with Gasteiger partial charge in [-0.3, -0.25) is 9.59 Å². The molecule has 0 aliphatic carbocycles. The first-order chi connectivity index (χ1) is 8.10. The number of likely N-dealkylation sites (tertiary alicyclic amines) is 1. The molecule has 0 aromatic heterocycles. The Hall–Kier alpha value is -0.580. The minimum Gasteiger partial charge on any atom is -0.466 e. The van der Waals surface area contributed by atoms with E-state index in [-0.39, 0.29) is 22.6 Å². The second kappa shape index (κ2) is 6.99. The van der Waals surface area contributed by atoms with Crippen LogP contribution in [0.15, 0.2) is 0 Å². The fraction of sp³-hybridized carbons (Fsp3) is 0.833. The first-order valence-electron chi connectivity index (χ1n) is 6.19. The largest absolute Gasteiger partial charge is 0.466 e. The molecule has 0 N–H and O–H groups in total. The number of nitrogens with zero attached hydrogens (tertiary/aromatic N) is 1. The summed E-state index contributed by atoms with van der Waals surface area (Å²) in [5, 5.41) is 0. The van der Waals surface area contributed by atoms with Crippen molar-refractivity contribution < 1.29 is 14.3 Å². The van der Waals surface area contributed by atoms with Gasteiger partial charge in [0.1, 0.15) is 0 Å². The van der Waals surface area contributed by atoms with Gasteiger partial charge in [0.15, 0.2) is 0 Å². The number of alkyl halides is 1. The second-order valence-corrected chi connectivity index (χ2v) is 5.33. The number of halogens is 1. The smallest absolute Gasteiger partial charge is 0.309 e. The molecule has 0 bridgehead atoms. The van der Waals surface area contributed by atoms with Crippen LogP contribution in [-0.2, 0) is 14.3 Å². The minimum atomic E-state index is -0.120. The van der Waals surface area contributed by atoms with Gasteiger partial charge in [0.05, 0.1) is 17.4 Å². The highest BCUT2D eigenvalue weighted by atomic mass is 79.9. The summed E-state index contributed by atoms with van der Waals surface area (Å²) in [6.07, 6.45) is 2.22. The topological polar surface area (TPSA) is 46.6 Å². The minimum absolute atomic E-state index is 0.0330. The Bertz CT molecular complexity index is 275. The van der Waals surface area contributed by atoms with E-state index in [1.165, 1.54) is 0 Å². The van der Waals surface area contributed by atoms with E-state index in [0.717, 1.165) is 6.42 Å². The van der Waals surface area contributed by atoms with Crippen molar-refractivity contribution >= 4 is 27.8 Å². The molecule has 1 amide bonds. The highest BCUT2D eigenvalue weighted by molar-refractivity contribution is 9.10. The summed E-state index contributed by atoms with van der Waals surface area (Å²) in [6.45, 7) is 5.53. The first kappa shape index (κ1) is 14.5. The van der Waals surface area contributed by atoms with Gasteiger partial charge in [0.2, 0.25) is 5.91 Å². The number of carbonyl (C=O) groups excluding carboxylic acids is 2. The van der Waals surface area contributed by atoms with Gasteiger partial charge in [-0.2, -0.15) is 0 Å². The molecule has 98 valence electrons. The van der Waals surface area contributed by atoms with Crippen molar-refractivity contribution in [1.82, 2.24) is 4.90 Å². The third-order valence-electron chi connectivity index (χ3n) is 3.05. The summed E-state index contributed by atoms with van der Waals surface area (Å²) in [5.74, 6) is -0.0188. The van der Waals surface area contributed by atoms with E-state index in [4.69, 9.17) is 4.74 Å². The van der Waals surface area contributed by atoms with E-state index in [1.807, 2.05) is 18.7 Å². The Morgan fingerprint density at radius 3 is 2.41 bits per heavy atom. The zero-order valence-corrected chi connectivity index (χ0v) is 12.0. The summed E-state index contributed by atoms with van der Waals surface area (Å²) >= 11 is 3.36. The third-order valence-corrected chi connectivity index (χ3v) is 4.09. The van der Waals surface area contributed by atoms with E-state index in [9.17, 15) is 9.59 Å². The van der Waals surface area contributed by atoms with E-state index in [1.54, 1.807) is 0 Å². The second-order valence-electron chi connectivity index (χ2n) is 4.23. The van der Waals surface area contributed by atoms with Crippen molar-refractivity contribution in [2.45, 2.75) is 37.9 Å². The lowest BCUT2D eigenvalue weighted by Crippen LogP contribution is -2.43. The molecule has 0 aromatic carbocycles. The van der Waals surface area contributed by atoms with E-state index in [2.05, 4.69) is 15.9 Å². The molecule has 0 saturated carbocycles. The van der Waals surface area contributed by atoms with Crippen molar-refractivity contribution in [2.24, 2.45) is 5.92 Å². The summed E-state index contributed by atoms with van der Waals surface area (Å²) in [7, 11) is 0. The number of amides is 1. The molecule has 5 heteroatoms. The van der Waals surface area contributed by atoms with Crippen molar-refractivity contribution in [3.05, 3.63) is 0 Å². The Morgan fingerprint density at radius 2 is 1.94 bits per heavy atom. The number of hydrogen-bond donors (Lipinski definition) is 0. The van der Waals surface area contributed by atoms with Crippen LogP contribution in [0.1, 0.15) is 33.1 Å². The predicted molar refractivity (Wildman–Crippen MR) is 68.9 cm³/mol. The molecule has 1 atom stereocenters. The number of carbonyl (C=O) groups is 2. The van der Waals surface area contributed by atoms with Crippen molar-refractivity contribution in [2.75, 3.05) is 19.7 Å². The lowest BCUT2D eigenvalue weighted by atomic mass is 9.97. The van der Waals surface area contributed by atoms with E-state index < -0.39 is 0 Å². The monoisotopic (exact) mass is 305 g/mol. The molecule has 0 spiro atoms. The molecule has 1 rings (SSSR count). The summed E-state index contributed by atoms with van der Waals surface area (Å²) in [6, 6.07) is 0. The van der Waals surface area contributed by atoms with Crippen molar-refractivity contribution in [3.8, 4) is 0 Å². The van der Waals surface area contributed by atoms with Crippen LogP contribution in [0.2, 0.25) is 0 Å². The van der Waals surface area contributed by atoms with Crippen LogP contribution in [0, 0.1) is 5.92 Å². The number of esters is 1. The molecule has 1 fully saturated rings. The van der Waals surface area contributed by atoms with Gasteiger partial charge < -0.3 is 9.64 Å². The molecule has 1 heterocycles. The Balaban J connectivity index is 2.40. The lowest BCUT2D eigenvalue weighted by molar-refractivity contribution is -0.151. The van der Waals surface area contributed by atoms with Gasteiger partial charge >= 0.3 is 5.97 Å². The lowest BCUT2D eigenvalue weighted by Gasteiger charge is -2.32. The summed E-state index contributed by atoms with van der Waals surface area (Å²) < 4.78 is 4.99. The van der Waals surface area contributed by atoms with Crippen LogP contribution < -0.4 is 0 Å². The molecule has 1 saturated heterocycles. The zero-order valence-electron chi connectivity index (χ0n) is 10.4. The fourth-order valence-corrected chi connectivity index (χ4v) is 2.26. The van der Waals surface area contributed by atoms with Gasteiger partial charge in [-0.05, 0) is 26.2 Å². The fourth-order valence-electron chi connectivity index (χ4n) is 1.97. The average Bonchev–Trinajstić information content (AvgIpc) is 2.37. The van der Waals surface area contributed by atoms with Crippen molar-refractivity contribution in [1.29, 1.82) is 0 Å². The van der Waals surface area contributed by atoms with Gasteiger partial charge in [-0.15, -0.1) is 0 Å². The summed E-state index contributed by atoms with van der Waals surface area (Å²) in [4.78, 5) is 25.2. The number of rotatable bonds is 4. The molecule has 0 unspecified atom stereocenters. The van der Waals surface area contributed by atoms with Crippen LogP contribution in [-0.4, -0.2) is 41.3 Å². The van der Waals surface area contributed by atoms with Crippen molar-refractivity contribution in [3.63, 3.8) is 0 Å². The quantitative estimate of drug-likeness (QED) is 0.589. The molecule has 0 aromatic rings. The van der Waals surface area contributed by atoms with Crippen LogP contribution in [0.5, 0.6) is 0 Å². The normalized spacial score (nSPS) is 18.9. The van der Waals surface area contributed by atoms with Crippen LogP contribution in [0.3, 0.4) is 0 Å². The van der Waals surface area contributed by atoms with Gasteiger partial charge in [-0.25, -0.2) is 0 Å². The van der Waals surface area contributed by atoms with Crippen LogP contribution in [0.4, 0.5) is 0 Å². The maximum atomic E-state index is 11.9.